The zero-order valence-electron chi connectivity index (χ0n) is 19.6. The summed E-state index contributed by atoms with van der Waals surface area (Å²) in [6.07, 6.45) is 13.3. The van der Waals surface area contributed by atoms with E-state index in [4.69, 9.17) is 5.11 Å². The highest BCUT2D eigenvalue weighted by Crippen LogP contribution is 2.18. The van der Waals surface area contributed by atoms with E-state index in [0.717, 1.165) is 44.9 Å². The molecule has 0 saturated heterocycles. The molecule has 0 amide bonds. The molecule has 2 unspecified atom stereocenters. The van der Waals surface area contributed by atoms with Gasteiger partial charge in [-0.25, -0.2) is 19.4 Å². The fourth-order valence-electron chi connectivity index (χ4n) is 3.42. The maximum atomic E-state index is 12.3. The number of aliphatic hydroxyl groups is 2. The topological polar surface area (TPSA) is 110 Å². The van der Waals surface area contributed by atoms with E-state index >= 15 is 0 Å². The molecule has 0 bridgehead atoms. The molecular weight excluding hydrogens is 400 g/mol. The van der Waals surface area contributed by atoms with Gasteiger partial charge in [-0.2, -0.15) is 0 Å². The van der Waals surface area contributed by atoms with Crippen LogP contribution in [0.2, 0.25) is 0 Å². The molecule has 0 aliphatic carbocycles. The Hall–Kier alpha value is -1.47. The summed E-state index contributed by atoms with van der Waals surface area (Å²) in [5, 5.41) is 18.7. The monoisotopic (exact) mass is 444 g/mol. The van der Waals surface area contributed by atoms with Crippen molar-refractivity contribution in [2.75, 3.05) is 6.61 Å². The average molecular weight is 445 g/mol. The van der Waals surface area contributed by atoms with Crippen LogP contribution in [0.1, 0.15) is 117 Å². The van der Waals surface area contributed by atoms with Gasteiger partial charge in [0.1, 0.15) is 12.0 Å². The first-order chi connectivity index (χ1) is 15.0. The SMILES string of the molecule is CCCCCCCCCCCC(C(=O)OOC(=O)CCCCCCC)C(=O)C(O)CO. The van der Waals surface area contributed by atoms with Crippen molar-refractivity contribution in [2.24, 2.45) is 5.92 Å². The summed E-state index contributed by atoms with van der Waals surface area (Å²) in [4.78, 5) is 45.4. The molecule has 0 fully saturated rings. The van der Waals surface area contributed by atoms with Crippen molar-refractivity contribution in [3.63, 3.8) is 0 Å². The fourth-order valence-corrected chi connectivity index (χ4v) is 3.42. The maximum absolute atomic E-state index is 12.3. The zero-order chi connectivity index (χ0) is 23.3. The second-order valence-corrected chi connectivity index (χ2v) is 8.29. The van der Waals surface area contributed by atoms with Crippen LogP contribution in [0.4, 0.5) is 0 Å². The van der Waals surface area contributed by atoms with E-state index in [1.165, 1.54) is 32.1 Å². The summed E-state index contributed by atoms with van der Waals surface area (Å²) >= 11 is 0. The zero-order valence-corrected chi connectivity index (χ0v) is 19.6. The van der Waals surface area contributed by atoms with Crippen LogP contribution in [0.3, 0.4) is 0 Å². The Morgan fingerprint density at radius 3 is 1.71 bits per heavy atom. The molecule has 0 rings (SSSR count). The molecule has 0 aromatic rings. The molecule has 2 atom stereocenters. The molecule has 0 saturated carbocycles. The van der Waals surface area contributed by atoms with Crippen molar-refractivity contribution in [1.29, 1.82) is 0 Å². The summed E-state index contributed by atoms with van der Waals surface area (Å²) < 4.78 is 0. The highest BCUT2D eigenvalue weighted by Gasteiger charge is 2.33. The van der Waals surface area contributed by atoms with Gasteiger partial charge in [0.05, 0.1) is 13.0 Å². The minimum absolute atomic E-state index is 0.146. The Morgan fingerprint density at radius 1 is 0.710 bits per heavy atom. The van der Waals surface area contributed by atoms with E-state index in [1.807, 2.05) is 0 Å². The summed E-state index contributed by atoms with van der Waals surface area (Å²) in [6, 6.07) is 0. The van der Waals surface area contributed by atoms with E-state index in [0.29, 0.717) is 12.8 Å². The maximum Gasteiger partial charge on any atom is 0.366 e. The molecule has 2 N–H and O–H groups in total. The first kappa shape index (κ1) is 29.5. The van der Waals surface area contributed by atoms with Crippen LogP contribution < -0.4 is 0 Å². The summed E-state index contributed by atoms with van der Waals surface area (Å²) in [5.74, 6) is -3.69. The third-order valence-corrected chi connectivity index (χ3v) is 5.43. The van der Waals surface area contributed by atoms with Gasteiger partial charge >= 0.3 is 11.9 Å². The average Bonchev–Trinajstić information content (AvgIpc) is 2.77. The highest BCUT2D eigenvalue weighted by atomic mass is 17.2. The number of Topliss-reactive ketones (excluding diaryl/α,β-unsaturated/α-hetero) is 1. The van der Waals surface area contributed by atoms with E-state index in [9.17, 15) is 19.5 Å². The van der Waals surface area contributed by atoms with Crippen LogP contribution in [0.25, 0.3) is 0 Å². The van der Waals surface area contributed by atoms with E-state index in [2.05, 4.69) is 23.6 Å². The molecule has 0 aliphatic heterocycles. The van der Waals surface area contributed by atoms with Gasteiger partial charge in [0.2, 0.25) is 0 Å². The lowest BCUT2D eigenvalue weighted by atomic mass is 9.93. The Morgan fingerprint density at radius 2 is 1.19 bits per heavy atom. The van der Waals surface area contributed by atoms with Gasteiger partial charge in [0.15, 0.2) is 5.78 Å². The summed E-state index contributed by atoms with van der Waals surface area (Å²) in [6.45, 7) is 3.53. The number of aliphatic hydroxyl groups excluding tert-OH is 2. The summed E-state index contributed by atoms with van der Waals surface area (Å²) in [5.41, 5.74) is 0. The highest BCUT2D eigenvalue weighted by molar-refractivity contribution is 6.01. The molecule has 0 radical (unpaired) electrons. The molecule has 7 heteroatoms. The molecule has 0 spiro atoms. The predicted molar refractivity (Wildman–Crippen MR) is 119 cm³/mol. The van der Waals surface area contributed by atoms with Crippen LogP contribution >= 0.6 is 0 Å². The van der Waals surface area contributed by atoms with Crippen LogP contribution in [-0.2, 0) is 24.2 Å². The molecule has 0 heterocycles. The molecule has 0 aliphatic rings. The molecule has 0 aromatic heterocycles. The second-order valence-electron chi connectivity index (χ2n) is 8.29. The van der Waals surface area contributed by atoms with Crippen molar-refractivity contribution in [1.82, 2.24) is 0 Å². The standard InChI is InChI=1S/C24H44O7/c1-3-5-7-9-10-11-12-14-15-17-20(23(28)21(26)19-25)24(29)31-30-22(27)18-16-13-8-6-4-2/h20-21,25-26H,3-19H2,1-2H3. The van der Waals surface area contributed by atoms with Crippen LogP contribution in [-0.4, -0.2) is 40.6 Å². The van der Waals surface area contributed by atoms with Gasteiger partial charge in [-0.3, -0.25) is 4.79 Å². The minimum atomic E-state index is -1.65. The molecular formula is C24H44O7. The van der Waals surface area contributed by atoms with E-state index < -0.39 is 36.4 Å². The van der Waals surface area contributed by atoms with Crippen molar-refractivity contribution >= 4 is 17.7 Å². The van der Waals surface area contributed by atoms with Crippen molar-refractivity contribution in [3.05, 3.63) is 0 Å². The first-order valence-corrected chi connectivity index (χ1v) is 12.2. The smallest absolute Gasteiger partial charge is 0.366 e. The van der Waals surface area contributed by atoms with Crippen LogP contribution in [0, 0.1) is 5.92 Å². The van der Waals surface area contributed by atoms with Gasteiger partial charge in [-0.1, -0.05) is 97.3 Å². The van der Waals surface area contributed by atoms with Crippen molar-refractivity contribution in [2.45, 2.75) is 123 Å². The number of hydrogen-bond acceptors (Lipinski definition) is 7. The Labute approximate surface area is 187 Å². The molecule has 7 nitrogen and oxygen atoms in total. The largest absolute Gasteiger partial charge is 0.393 e. The van der Waals surface area contributed by atoms with Crippen molar-refractivity contribution < 1.29 is 34.4 Å². The Bertz CT molecular complexity index is 479. The Kier molecular flexibility index (Phi) is 19.5. The lowest BCUT2D eigenvalue weighted by Crippen LogP contribution is -2.36. The van der Waals surface area contributed by atoms with Gasteiger partial charge in [0, 0.05) is 0 Å². The van der Waals surface area contributed by atoms with Gasteiger partial charge in [0.25, 0.3) is 0 Å². The van der Waals surface area contributed by atoms with E-state index in [1.54, 1.807) is 0 Å². The first-order valence-electron chi connectivity index (χ1n) is 12.2. The Balaban J connectivity index is 4.29. The number of rotatable bonds is 20. The van der Waals surface area contributed by atoms with Gasteiger partial charge < -0.3 is 10.2 Å². The molecule has 31 heavy (non-hydrogen) atoms. The quantitative estimate of drug-likeness (QED) is 0.120. The minimum Gasteiger partial charge on any atom is -0.393 e. The number of hydrogen-bond donors (Lipinski definition) is 2. The lowest BCUT2D eigenvalue weighted by Gasteiger charge is -2.16. The third-order valence-electron chi connectivity index (χ3n) is 5.43. The normalized spacial score (nSPS) is 12.9. The molecule has 0 aromatic carbocycles. The lowest BCUT2D eigenvalue weighted by molar-refractivity contribution is -0.262. The van der Waals surface area contributed by atoms with Gasteiger partial charge in [-0.15, -0.1) is 0 Å². The number of carbonyl (C=O) groups excluding carboxylic acids is 3. The fraction of sp³-hybridized carbons (Fsp3) is 0.875. The number of carbonyl (C=O) groups is 3. The third kappa shape index (κ3) is 15.9. The van der Waals surface area contributed by atoms with E-state index in [-0.39, 0.29) is 12.8 Å². The van der Waals surface area contributed by atoms with Crippen molar-refractivity contribution in [3.8, 4) is 0 Å². The van der Waals surface area contributed by atoms with Crippen LogP contribution in [0.15, 0.2) is 0 Å². The van der Waals surface area contributed by atoms with Gasteiger partial charge in [-0.05, 0) is 12.8 Å². The molecule has 182 valence electrons. The number of unbranched alkanes of at least 4 members (excludes halogenated alkanes) is 12. The predicted octanol–water partition coefficient (Wildman–Crippen LogP) is 4.81. The summed E-state index contributed by atoms with van der Waals surface area (Å²) in [7, 11) is 0. The van der Waals surface area contributed by atoms with Crippen LogP contribution in [0.5, 0.6) is 0 Å². The second kappa shape index (κ2) is 20.4. The number of ketones is 1.